The van der Waals surface area contributed by atoms with Crippen molar-refractivity contribution in [1.82, 2.24) is 4.72 Å². The van der Waals surface area contributed by atoms with E-state index in [1.54, 1.807) is 25.1 Å². The van der Waals surface area contributed by atoms with E-state index >= 15 is 0 Å². The van der Waals surface area contributed by atoms with E-state index < -0.39 is 27.6 Å². The molecule has 0 saturated carbocycles. The van der Waals surface area contributed by atoms with E-state index in [2.05, 4.69) is 4.72 Å². The Bertz CT molecular complexity index is 837. The van der Waals surface area contributed by atoms with Crippen molar-refractivity contribution in [2.24, 2.45) is 0 Å². The molecule has 0 aliphatic carbocycles. The molecule has 0 saturated heterocycles. The van der Waals surface area contributed by atoms with Gasteiger partial charge in [0.2, 0.25) is 10.0 Å². The number of benzene rings is 2. The number of sulfonamides is 1. The van der Waals surface area contributed by atoms with Crippen LogP contribution in [0.4, 0.5) is 4.39 Å². The van der Waals surface area contributed by atoms with Crippen molar-refractivity contribution in [2.45, 2.75) is 18.7 Å². The second-order valence-electron chi connectivity index (χ2n) is 5.41. The predicted molar refractivity (Wildman–Crippen MR) is 95.1 cm³/mol. The van der Waals surface area contributed by atoms with Gasteiger partial charge in [-0.25, -0.2) is 17.5 Å². The summed E-state index contributed by atoms with van der Waals surface area (Å²) >= 11 is 5.90. The van der Waals surface area contributed by atoms with Gasteiger partial charge in [0.15, 0.2) is 11.5 Å². The van der Waals surface area contributed by atoms with Crippen LogP contribution in [0.1, 0.15) is 24.1 Å². The minimum absolute atomic E-state index is 0.0591. The van der Waals surface area contributed by atoms with Gasteiger partial charge in [-0.3, -0.25) is 0 Å². The number of rotatable bonds is 7. The van der Waals surface area contributed by atoms with Crippen LogP contribution in [0.3, 0.4) is 0 Å². The molecule has 0 aromatic heterocycles. The molecule has 25 heavy (non-hydrogen) atoms. The van der Waals surface area contributed by atoms with Gasteiger partial charge in [0, 0.05) is 16.6 Å². The van der Waals surface area contributed by atoms with Gasteiger partial charge in [-0.2, -0.15) is 0 Å². The largest absolute Gasteiger partial charge is 0.493 e. The van der Waals surface area contributed by atoms with E-state index in [0.29, 0.717) is 17.1 Å². The van der Waals surface area contributed by atoms with Crippen LogP contribution in [0.2, 0.25) is 5.02 Å². The molecule has 2 aromatic carbocycles. The molecule has 0 heterocycles. The maximum atomic E-state index is 13.8. The Morgan fingerprint density at radius 1 is 1.16 bits per heavy atom. The Balaban J connectivity index is 2.20. The summed E-state index contributed by atoms with van der Waals surface area (Å²) in [5, 5.41) is 0.0733. The summed E-state index contributed by atoms with van der Waals surface area (Å²) in [6.45, 7) is 1.68. The van der Waals surface area contributed by atoms with Crippen LogP contribution in [0.5, 0.6) is 11.5 Å². The third-order valence-corrected chi connectivity index (χ3v) is 5.40. The number of methoxy groups -OCH3 is 2. The third-order valence-electron chi connectivity index (χ3n) is 3.66. The lowest BCUT2D eigenvalue weighted by atomic mass is 10.1. The molecule has 0 radical (unpaired) electrons. The minimum atomic E-state index is -3.81. The first-order valence-corrected chi connectivity index (χ1v) is 9.45. The Morgan fingerprint density at radius 2 is 1.84 bits per heavy atom. The molecule has 0 aliphatic heterocycles. The van der Waals surface area contributed by atoms with Crippen molar-refractivity contribution in [3.63, 3.8) is 0 Å². The van der Waals surface area contributed by atoms with Gasteiger partial charge in [-0.1, -0.05) is 23.7 Å². The van der Waals surface area contributed by atoms with Crippen molar-refractivity contribution in [3.05, 3.63) is 58.4 Å². The summed E-state index contributed by atoms with van der Waals surface area (Å²) in [4.78, 5) is 0. The van der Waals surface area contributed by atoms with Crippen molar-refractivity contribution in [1.29, 1.82) is 0 Å². The third kappa shape index (κ3) is 4.84. The highest BCUT2D eigenvalue weighted by molar-refractivity contribution is 7.88. The number of nitrogens with one attached hydrogen (secondary N) is 1. The molecule has 0 amide bonds. The molecule has 0 fully saturated rings. The van der Waals surface area contributed by atoms with Crippen molar-refractivity contribution < 1.29 is 22.3 Å². The molecule has 0 bridgehead atoms. The summed E-state index contributed by atoms with van der Waals surface area (Å²) in [6.07, 6.45) is 0. The molecule has 0 spiro atoms. The average molecular weight is 388 g/mol. The standard InChI is InChI=1S/C17H19ClFNO4S/c1-11(12-7-8-16(23-2)17(9-12)24-3)20-25(21,22)10-13-14(18)5-4-6-15(13)19/h4-9,11,20H,10H2,1-3H3/t11-/m1/s1. The SMILES string of the molecule is COc1ccc([C@@H](C)NS(=O)(=O)Cc2c(F)cccc2Cl)cc1OC. The fraction of sp³-hybridized carbons (Fsp3) is 0.294. The molecule has 5 nitrogen and oxygen atoms in total. The van der Waals surface area contributed by atoms with Gasteiger partial charge in [0.1, 0.15) is 5.82 Å². The highest BCUT2D eigenvalue weighted by atomic mass is 35.5. The summed E-state index contributed by atoms with van der Waals surface area (Å²) in [5.74, 6) is -0.171. The molecule has 2 aromatic rings. The van der Waals surface area contributed by atoms with Crippen LogP contribution in [-0.4, -0.2) is 22.6 Å². The predicted octanol–water partition coefficient (Wildman–Crippen LogP) is 3.68. The Kier molecular flexibility index (Phi) is 6.26. The Morgan fingerprint density at radius 3 is 2.44 bits per heavy atom. The zero-order valence-electron chi connectivity index (χ0n) is 14.0. The van der Waals surface area contributed by atoms with E-state index in [0.717, 1.165) is 0 Å². The van der Waals surface area contributed by atoms with Gasteiger partial charge in [0.25, 0.3) is 0 Å². The highest BCUT2D eigenvalue weighted by Crippen LogP contribution is 2.30. The Hall–Kier alpha value is -1.83. The van der Waals surface area contributed by atoms with E-state index in [-0.39, 0.29) is 10.6 Å². The first kappa shape index (κ1) is 19.5. The zero-order chi connectivity index (χ0) is 18.6. The summed E-state index contributed by atoms with van der Waals surface area (Å²) < 4.78 is 51.4. The molecule has 0 unspecified atom stereocenters. The summed E-state index contributed by atoms with van der Waals surface area (Å²) in [6, 6.07) is 8.60. The topological polar surface area (TPSA) is 64.6 Å². The number of hydrogen-bond acceptors (Lipinski definition) is 4. The van der Waals surface area contributed by atoms with E-state index in [1.165, 1.54) is 32.4 Å². The molecular weight excluding hydrogens is 369 g/mol. The highest BCUT2D eigenvalue weighted by Gasteiger charge is 2.21. The molecule has 1 atom stereocenters. The maximum absolute atomic E-state index is 13.8. The smallest absolute Gasteiger partial charge is 0.216 e. The van der Waals surface area contributed by atoms with E-state index in [9.17, 15) is 12.8 Å². The first-order chi connectivity index (χ1) is 11.8. The second-order valence-corrected chi connectivity index (χ2v) is 7.57. The number of ether oxygens (including phenoxy) is 2. The maximum Gasteiger partial charge on any atom is 0.216 e. The monoisotopic (exact) mass is 387 g/mol. The van der Waals surface area contributed by atoms with E-state index in [1.807, 2.05) is 0 Å². The Labute approximate surface area is 151 Å². The van der Waals surface area contributed by atoms with Crippen LogP contribution < -0.4 is 14.2 Å². The van der Waals surface area contributed by atoms with Crippen LogP contribution >= 0.6 is 11.6 Å². The lowest BCUT2D eigenvalue weighted by Gasteiger charge is -2.17. The normalized spacial score (nSPS) is 12.7. The zero-order valence-corrected chi connectivity index (χ0v) is 15.6. The fourth-order valence-electron chi connectivity index (χ4n) is 2.36. The average Bonchev–Trinajstić information content (AvgIpc) is 2.57. The quantitative estimate of drug-likeness (QED) is 0.787. The molecule has 136 valence electrons. The van der Waals surface area contributed by atoms with Gasteiger partial charge < -0.3 is 9.47 Å². The first-order valence-electron chi connectivity index (χ1n) is 7.42. The molecular formula is C17H19ClFNO4S. The van der Waals surface area contributed by atoms with Gasteiger partial charge in [-0.15, -0.1) is 0 Å². The molecule has 0 aliphatic rings. The fourth-order valence-corrected chi connectivity index (χ4v) is 4.10. The van der Waals surface area contributed by atoms with Crippen LogP contribution in [0.25, 0.3) is 0 Å². The minimum Gasteiger partial charge on any atom is -0.493 e. The van der Waals surface area contributed by atoms with Gasteiger partial charge in [0.05, 0.1) is 20.0 Å². The van der Waals surface area contributed by atoms with Crippen LogP contribution in [-0.2, 0) is 15.8 Å². The lowest BCUT2D eigenvalue weighted by molar-refractivity contribution is 0.354. The van der Waals surface area contributed by atoms with Crippen molar-refractivity contribution in [2.75, 3.05) is 14.2 Å². The molecule has 1 N–H and O–H groups in total. The number of hydrogen-bond donors (Lipinski definition) is 1. The van der Waals surface area contributed by atoms with Crippen LogP contribution in [0.15, 0.2) is 36.4 Å². The molecule has 2 rings (SSSR count). The molecule has 8 heteroatoms. The number of halogens is 2. The van der Waals surface area contributed by atoms with Crippen molar-refractivity contribution in [3.8, 4) is 11.5 Å². The van der Waals surface area contributed by atoms with Gasteiger partial charge in [-0.05, 0) is 36.8 Å². The van der Waals surface area contributed by atoms with Crippen LogP contribution in [0, 0.1) is 5.82 Å². The summed E-state index contributed by atoms with van der Waals surface area (Å²) in [7, 11) is -0.796. The van der Waals surface area contributed by atoms with Crippen molar-refractivity contribution >= 4 is 21.6 Å². The second kappa shape index (κ2) is 8.03. The van der Waals surface area contributed by atoms with Gasteiger partial charge >= 0.3 is 0 Å². The lowest BCUT2D eigenvalue weighted by Crippen LogP contribution is -2.28. The van der Waals surface area contributed by atoms with E-state index in [4.69, 9.17) is 21.1 Å². The summed E-state index contributed by atoms with van der Waals surface area (Å²) in [5.41, 5.74) is 0.622.